The van der Waals surface area contributed by atoms with Crippen molar-refractivity contribution in [1.82, 2.24) is 10.3 Å². The van der Waals surface area contributed by atoms with Crippen LogP contribution in [0.4, 0.5) is 13.2 Å². The molecule has 1 atom stereocenters. The van der Waals surface area contributed by atoms with Gasteiger partial charge in [0.15, 0.2) is 0 Å². The third kappa shape index (κ3) is 5.40. The van der Waals surface area contributed by atoms with E-state index in [1.807, 2.05) is 18.4 Å². The number of thiazole rings is 1. The summed E-state index contributed by atoms with van der Waals surface area (Å²) in [6.07, 6.45) is -3.45. The molecule has 1 N–H and O–H groups in total. The average Bonchev–Trinajstić information content (AvgIpc) is 3.26. The number of halogens is 3. The topological polar surface area (TPSA) is 42.0 Å². The first-order valence-electron chi connectivity index (χ1n) is 8.24. The summed E-state index contributed by atoms with van der Waals surface area (Å²) in [5, 5.41) is 9.36. The number of alkyl halides is 3. The number of nitrogens with zero attached hydrogens (tertiary/aromatic N) is 1. The second-order valence-electron chi connectivity index (χ2n) is 6.20. The van der Waals surface area contributed by atoms with Gasteiger partial charge in [-0.15, -0.1) is 11.3 Å². The monoisotopic (exact) mass is 410 g/mol. The van der Waals surface area contributed by atoms with Gasteiger partial charge in [-0.3, -0.25) is 4.79 Å². The molecule has 1 amide bonds. The summed E-state index contributed by atoms with van der Waals surface area (Å²) in [5.74, 6) is -0.123. The number of hydrogen-bond acceptors (Lipinski definition) is 4. The standard InChI is InChI=1S/C19H17F3N2OS2/c1-12(8-13-6-7-26-10-13)23-17(25)9-16-11-27-18(24-16)14-2-4-15(5-3-14)19(20,21)22/h2-7,10-12H,8-9H2,1H3,(H,23,25). The van der Waals surface area contributed by atoms with E-state index in [1.165, 1.54) is 29.0 Å². The highest BCUT2D eigenvalue weighted by Crippen LogP contribution is 2.31. The molecule has 0 aliphatic carbocycles. The molecule has 0 saturated carbocycles. The van der Waals surface area contributed by atoms with Gasteiger partial charge in [-0.2, -0.15) is 24.5 Å². The van der Waals surface area contributed by atoms with E-state index in [2.05, 4.69) is 15.7 Å². The lowest BCUT2D eigenvalue weighted by molar-refractivity contribution is -0.137. The van der Waals surface area contributed by atoms with Crippen molar-refractivity contribution in [2.24, 2.45) is 0 Å². The Morgan fingerprint density at radius 2 is 1.93 bits per heavy atom. The molecule has 2 heterocycles. The summed E-state index contributed by atoms with van der Waals surface area (Å²) in [7, 11) is 0. The molecule has 1 unspecified atom stereocenters. The number of benzene rings is 1. The first-order valence-corrected chi connectivity index (χ1v) is 10.1. The van der Waals surface area contributed by atoms with E-state index in [1.54, 1.807) is 16.7 Å². The number of carbonyl (C=O) groups is 1. The molecule has 0 saturated heterocycles. The van der Waals surface area contributed by atoms with Gasteiger partial charge in [0.25, 0.3) is 0 Å². The lowest BCUT2D eigenvalue weighted by Gasteiger charge is -2.12. The fraction of sp³-hybridized carbons (Fsp3) is 0.263. The van der Waals surface area contributed by atoms with Crippen LogP contribution in [0.25, 0.3) is 10.6 Å². The Morgan fingerprint density at radius 1 is 1.19 bits per heavy atom. The van der Waals surface area contributed by atoms with Crippen molar-refractivity contribution in [2.45, 2.75) is 32.0 Å². The maximum Gasteiger partial charge on any atom is 0.416 e. The van der Waals surface area contributed by atoms with Gasteiger partial charge in [-0.1, -0.05) is 12.1 Å². The number of amides is 1. The molecule has 8 heteroatoms. The zero-order valence-corrected chi connectivity index (χ0v) is 16.0. The SMILES string of the molecule is CC(Cc1ccsc1)NC(=O)Cc1csc(-c2ccc(C(F)(F)F)cc2)n1. The predicted molar refractivity (Wildman–Crippen MR) is 102 cm³/mol. The number of thiophene rings is 1. The molecule has 0 aliphatic rings. The Hall–Kier alpha value is -2.19. The van der Waals surface area contributed by atoms with Gasteiger partial charge in [-0.25, -0.2) is 4.98 Å². The Bertz CT molecular complexity index is 887. The van der Waals surface area contributed by atoms with Crippen molar-refractivity contribution < 1.29 is 18.0 Å². The van der Waals surface area contributed by atoms with Crippen LogP contribution in [0.1, 0.15) is 23.7 Å². The maximum atomic E-state index is 12.6. The molecule has 3 aromatic rings. The minimum atomic E-state index is -4.36. The molecular weight excluding hydrogens is 393 g/mol. The summed E-state index contributed by atoms with van der Waals surface area (Å²) < 4.78 is 37.9. The number of carbonyl (C=O) groups excluding carboxylic acids is 1. The van der Waals surface area contributed by atoms with Gasteiger partial charge in [0, 0.05) is 17.0 Å². The van der Waals surface area contributed by atoms with Crippen molar-refractivity contribution in [3.63, 3.8) is 0 Å². The largest absolute Gasteiger partial charge is 0.416 e. The minimum Gasteiger partial charge on any atom is -0.353 e. The van der Waals surface area contributed by atoms with E-state index in [-0.39, 0.29) is 18.4 Å². The summed E-state index contributed by atoms with van der Waals surface area (Å²) in [5.41, 5.74) is 1.70. The fourth-order valence-corrected chi connectivity index (χ4v) is 4.13. The van der Waals surface area contributed by atoms with Crippen LogP contribution in [0.3, 0.4) is 0 Å². The van der Waals surface area contributed by atoms with Crippen LogP contribution in [0, 0.1) is 0 Å². The van der Waals surface area contributed by atoms with Gasteiger partial charge in [0.1, 0.15) is 5.01 Å². The molecule has 3 rings (SSSR count). The molecule has 1 aromatic carbocycles. The molecule has 27 heavy (non-hydrogen) atoms. The van der Waals surface area contributed by atoms with Crippen LogP contribution in [-0.2, 0) is 23.8 Å². The van der Waals surface area contributed by atoms with Crippen LogP contribution in [0.5, 0.6) is 0 Å². The lowest BCUT2D eigenvalue weighted by Crippen LogP contribution is -2.35. The van der Waals surface area contributed by atoms with Gasteiger partial charge in [-0.05, 0) is 47.9 Å². The zero-order valence-electron chi connectivity index (χ0n) is 14.4. The third-order valence-corrected chi connectivity index (χ3v) is 5.55. The van der Waals surface area contributed by atoms with Crippen LogP contribution in [0.2, 0.25) is 0 Å². The number of aromatic nitrogens is 1. The van der Waals surface area contributed by atoms with E-state index in [0.29, 0.717) is 16.3 Å². The maximum absolute atomic E-state index is 12.6. The van der Waals surface area contributed by atoms with Crippen LogP contribution < -0.4 is 5.32 Å². The van der Waals surface area contributed by atoms with Crippen molar-refractivity contribution >= 4 is 28.6 Å². The van der Waals surface area contributed by atoms with Gasteiger partial charge >= 0.3 is 6.18 Å². The lowest BCUT2D eigenvalue weighted by atomic mass is 10.1. The van der Waals surface area contributed by atoms with Crippen molar-refractivity contribution in [2.75, 3.05) is 0 Å². The summed E-state index contributed by atoms with van der Waals surface area (Å²) in [4.78, 5) is 16.6. The van der Waals surface area contributed by atoms with Crippen LogP contribution in [-0.4, -0.2) is 16.9 Å². The van der Waals surface area contributed by atoms with Gasteiger partial charge in [0.05, 0.1) is 17.7 Å². The van der Waals surface area contributed by atoms with Gasteiger partial charge in [0.2, 0.25) is 5.91 Å². The van der Waals surface area contributed by atoms with Crippen molar-refractivity contribution in [1.29, 1.82) is 0 Å². The van der Waals surface area contributed by atoms with Gasteiger partial charge < -0.3 is 5.32 Å². The van der Waals surface area contributed by atoms with Crippen LogP contribution >= 0.6 is 22.7 Å². The van der Waals surface area contributed by atoms with E-state index >= 15 is 0 Å². The first kappa shape index (κ1) is 19.6. The van der Waals surface area contributed by atoms with Crippen molar-refractivity contribution in [3.05, 3.63) is 63.3 Å². The molecule has 2 aromatic heterocycles. The highest BCUT2D eigenvalue weighted by molar-refractivity contribution is 7.13. The molecule has 0 fully saturated rings. The van der Waals surface area contributed by atoms with E-state index in [9.17, 15) is 18.0 Å². The molecular formula is C19H17F3N2OS2. The number of nitrogens with one attached hydrogen (secondary N) is 1. The Morgan fingerprint density at radius 3 is 2.56 bits per heavy atom. The van der Waals surface area contributed by atoms with E-state index < -0.39 is 11.7 Å². The second-order valence-corrected chi connectivity index (χ2v) is 7.84. The Labute approximate surface area is 162 Å². The fourth-order valence-electron chi connectivity index (χ4n) is 2.63. The summed E-state index contributed by atoms with van der Waals surface area (Å²) in [6, 6.07) is 6.91. The average molecular weight is 410 g/mol. The van der Waals surface area contributed by atoms with E-state index in [4.69, 9.17) is 0 Å². The van der Waals surface area contributed by atoms with Crippen LogP contribution in [0.15, 0.2) is 46.5 Å². The Kier molecular flexibility index (Phi) is 5.96. The highest BCUT2D eigenvalue weighted by Gasteiger charge is 2.30. The predicted octanol–water partition coefficient (Wildman–Crippen LogP) is 5.18. The smallest absolute Gasteiger partial charge is 0.353 e. The quantitative estimate of drug-likeness (QED) is 0.608. The van der Waals surface area contributed by atoms with E-state index in [0.717, 1.165) is 18.6 Å². The zero-order chi connectivity index (χ0) is 19.4. The molecule has 0 spiro atoms. The molecule has 0 aliphatic heterocycles. The normalized spacial score (nSPS) is 12.7. The molecule has 142 valence electrons. The third-order valence-electron chi connectivity index (χ3n) is 3.88. The second kappa shape index (κ2) is 8.22. The minimum absolute atomic E-state index is 0.0140. The first-order chi connectivity index (χ1) is 12.8. The highest BCUT2D eigenvalue weighted by atomic mass is 32.1. The molecule has 0 bridgehead atoms. The summed E-state index contributed by atoms with van der Waals surface area (Å²) in [6.45, 7) is 1.95. The Balaban J connectivity index is 1.58. The molecule has 3 nitrogen and oxygen atoms in total. The van der Waals surface area contributed by atoms with Crippen molar-refractivity contribution in [3.8, 4) is 10.6 Å². The molecule has 0 radical (unpaired) electrons. The summed E-state index contributed by atoms with van der Waals surface area (Å²) >= 11 is 2.93. The number of rotatable bonds is 6. The number of hydrogen-bond donors (Lipinski definition) is 1.